The second-order valence-electron chi connectivity index (χ2n) is 14.4. The van der Waals surface area contributed by atoms with Gasteiger partial charge in [0.1, 0.15) is 28.8 Å². The van der Waals surface area contributed by atoms with Crippen LogP contribution in [0.4, 0.5) is 0 Å². The number of aromatic nitrogens is 3. The summed E-state index contributed by atoms with van der Waals surface area (Å²) in [5.74, 6) is -6.46. The summed E-state index contributed by atoms with van der Waals surface area (Å²) in [4.78, 5) is 61.0. The third kappa shape index (κ3) is 12.8. The van der Waals surface area contributed by atoms with Gasteiger partial charge in [0.2, 0.25) is 15.9 Å². The lowest BCUT2D eigenvalue weighted by molar-refractivity contribution is -0.165. The molecule has 5 atom stereocenters. The monoisotopic (exact) mass is 956 g/mol. The zero-order valence-electron chi connectivity index (χ0n) is 33.8. The summed E-state index contributed by atoms with van der Waals surface area (Å²) in [6, 6.07) is 9.69. The standard InChI is InChI=1S/C31H34Cl2N6O4S.2C4H6O6/c1-20-16-26(38-15-13-35-19-38)22-4-2-6-27(30(22)37-20)43-18-23-24(32)7-8-28(29(23)33)44(41,42)39-14-3-5-25(39)31(40)36-17-21-9-11-34-12-10-21;2*5-1(3(7)8)2(6)4(9)10/h2,4,6-8,13,15-16,19,21,25,34H,3,5,9-12,14,17-18H2,1H3,(H,36,40);2*1-2,5-6H,(H,7,8)(H,9,10)/t25-;;/m0../s1. The lowest BCUT2D eigenvalue weighted by atomic mass is 9.98. The van der Waals surface area contributed by atoms with Crippen molar-refractivity contribution in [2.45, 2.75) is 74.6 Å². The Labute approximate surface area is 374 Å². The number of sulfonamides is 1. The van der Waals surface area contributed by atoms with Gasteiger partial charge in [-0.3, -0.25) is 4.79 Å². The third-order valence-electron chi connectivity index (χ3n) is 9.94. The number of aryl methyl sites for hydroxylation is 1. The Kier molecular flexibility index (Phi) is 18.3. The number of nitrogens with one attached hydrogen (secondary N) is 2. The number of aliphatic hydroxyl groups is 4. The molecule has 2 aliphatic heterocycles. The average molecular weight is 958 g/mol. The van der Waals surface area contributed by atoms with Crippen LogP contribution in [-0.2, 0) is 40.6 Å². The summed E-state index contributed by atoms with van der Waals surface area (Å²) in [5, 5.41) is 72.5. The number of aliphatic hydroxyl groups excluding tert-OH is 4. The van der Waals surface area contributed by atoms with Gasteiger partial charge in [0, 0.05) is 47.1 Å². The molecule has 4 unspecified atom stereocenters. The molecule has 0 radical (unpaired) electrons. The molecule has 2 saturated heterocycles. The number of benzene rings is 2. The smallest absolute Gasteiger partial charge is 0.335 e. The Morgan fingerprint density at radius 2 is 1.48 bits per heavy atom. The zero-order valence-corrected chi connectivity index (χ0v) is 36.1. The normalized spacial score (nSPS) is 17.4. The Balaban J connectivity index is 0.000000373. The minimum Gasteiger partial charge on any atom is -0.487 e. The highest BCUT2D eigenvalue weighted by molar-refractivity contribution is 7.89. The number of piperidine rings is 1. The first-order valence-electron chi connectivity index (χ1n) is 19.3. The molecule has 2 fully saturated rings. The number of nitrogens with zero attached hydrogens (tertiary/aromatic N) is 4. The van der Waals surface area contributed by atoms with Gasteiger partial charge in [-0.15, -0.1) is 0 Å². The molecular formula is C39H46Cl2N6O16S. The van der Waals surface area contributed by atoms with E-state index in [1.165, 1.54) is 16.4 Å². The van der Waals surface area contributed by atoms with Crippen molar-refractivity contribution in [1.29, 1.82) is 0 Å². The Bertz CT molecular complexity index is 2350. The molecule has 22 nitrogen and oxygen atoms in total. The van der Waals surface area contributed by atoms with Crippen molar-refractivity contribution in [3.05, 3.63) is 76.4 Å². The molecule has 4 aromatic rings. The molecule has 6 rings (SSSR count). The molecule has 2 aromatic carbocycles. The van der Waals surface area contributed by atoms with E-state index < -0.39 is 64.4 Å². The highest BCUT2D eigenvalue weighted by Crippen LogP contribution is 2.37. The quantitative estimate of drug-likeness (QED) is 0.0781. The Hall–Kier alpha value is -5.50. The van der Waals surface area contributed by atoms with E-state index in [9.17, 15) is 32.4 Å². The number of rotatable bonds is 15. The topological polar surface area (TPSA) is 349 Å². The number of aliphatic carboxylic acids is 4. The summed E-state index contributed by atoms with van der Waals surface area (Å²) >= 11 is 13.3. The van der Waals surface area contributed by atoms with Crippen molar-refractivity contribution in [3.63, 3.8) is 0 Å². The fourth-order valence-corrected chi connectivity index (χ4v) is 9.04. The summed E-state index contributed by atoms with van der Waals surface area (Å²) < 4.78 is 37.2. The molecule has 348 valence electrons. The molecular weight excluding hydrogens is 911 g/mol. The first kappa shape index (κ1) is 51.1. The van der Waals surface area contributed by atoms with E-state index in [4.69, 9.17) is 73.8 Å². The lowest BCUT2D eigenvalue weighted by Gasteiger charge is -2.26. The number of carboxylic acid groups (broad SMARTS) is 4. The maximum atomic E-state index is 13.9. The Morgan fingerprint density at radius 1 is 0.891 bits per heavy atom. The predicted octanol–water partition coefficient (Wildman–Crippen LogP) is 0.638. The molecule has 1 amide bonds. The summed E-state index contributed by atoms with van der Waals surface area (Å²) in [7, 11) is -4.10. The van der Waals surface area contributed by atoms with Crippen LogP contribution < -0.4 is 15.4 Å². The first-order valence-corrected chi connectivity index (χ1v) is 21.5. The van der Waals surface area contributed by atoms with Crippen molar-refractivity contribution in [2.75, 3.05) is 26.2 Å². The molecule has 2 aromatic heterocycles. The van der Waals surface area contributed by atoms with Gasteiger partial charge in [-0.2, -0.15) is 4.31 Å². The van der Waals surface area contributed by atoms with Crippen LogP contribution in [-0.4, -0.2) is 155 Å². The number of pyridine rings is 1. The third-order valence-corrected chi connectivity index (χ3v) is 12.8. The molecule has 10 N–H and O–H groups in total. The summed E-state index contributed by atoms with van der Waals surface area (Å²) in [6.45, 7) is 4.44. The van der Waals surface area contributed by atoms with E-state index in [0.29, 0.717) is 42.1 Å². The van der Waals surface area contributed by atoms with Gasteiger partial charge in [0.15, 0.2) is 24.4 Å². The van der Waals surface area contributed by atoms with Crippen LogP contribution in [0.25, 0.3) is 16.6 Å². The minimum absolute atomic E-state index is 0.0262. The van der Waals surface area contributed by atoms with Crippen molar-refractivity contribution >= 4 is 73.9 Å². The van der Waals surface area contributed by atoms with Gasteiger partial charge in [0.25, 0.3) is 0 Å². The van der Waals surface area contributed by atoms with E-state index in [2.05, 4.69) is 15.6 Å². The van der Waals surface area contributed by atoms with Gasteiger partial charge in [-0.1, -0.05) is 35.3 Å². The number of ether oxygens (including phenoxy) is 1. The minimum atomic E-state index is -4.10. The second-order valence-corrected chi connectivity index (χ2v) is 17.0. The Morgan fingerprint density at radius 3 is 2.03 bits per heavy atom. The molecule has 0 spiro atoms. The number of hydrogen-bond donors (Lipinski definition) is 10. The molecule has 0 aliphatic carbocycles. The maximum Gasteiger partial charge on any atom is 0.335 e. The molecule has 0 saturated carbocycles. The van der Waals surface area contributed by atoms with E-state index in [1.807, 2.05) is 35.9 Å². The molecule has 64 heavy (non-hydrogen) atoms. The lowest BCUT2D eigenvalue weighted by Crippen LogP contribution is -2.47. The van der Waals surface area contributed by atoms with E-state index >= 15 is 0 Å². The van der Waals surface area contributed by atoms with Crippen LogP contribution in [0, 0.1) is 12.8 Å². The number of carbonyl (C=O) groups excluding carboxylic acids is 1. The second kappa shape index (κ2) is 22.9. The summed E-state index contributed by atoms with van der Waals surface area (Å²) in [5.41, 5.74) is 2.67. The highest BCUT2D eigenvalue weighted by Gasteiger charge is 2.41. The number of fused-ring (bicyclic) bond motifs is 1. The van der Waals surface area contributed by atoms with Crippen LogP contribution in [0.3, 0.4) is 0 Å². The van der Waals surface area contributed by atoms with Gasteiger partial charge in [0.05, 0.1) is 17.0 Å². The number of imidazole rings is 1. The van der Waals surface area contributed by atoms with Crippen molar-refractivity contribution in [1.82, 2.24) is 29.5 Å². The number of halogens is 2. The predicted molar refractivity (Wildman–Crippen MR) is 224 cm³/mol. The van der Waals surface area contributed by atoms with Crippen molar-refractivity contribution < 1.29 is 78.0 Å². The van der Waals surface area contributed by atoms with E-state index in [1.54, 1.807) is 18.6 Å². The SMILES string of the molecule is Cc1cc(-n2ccnc2)c2cccc(OCc3c(Cl)ccc(S(=O)(=O)N4CCC[C@H]4C(=O)NCC4CCNCC4)c3Cl)c2n1.O=C(O)C(O)C(O)C(=O)O.O=C(O)C(O)C(O)C(=O)O. The van der Waals surface area contributed by atoms with Gasteiger partial charge in [-0.05, 0) is 75.9 Å². The van der Waals surface area contributed by atoms with Crippen molar-refractivity contribution in [2.24, 2.45) is 5.92 Å². The molecule has 0 bridgehead atoms. The highest BCUT2D eigenvalue weighted by atomic mass is 35.5. The summed E-state index contributed by atoms with van der Waals surface area (Å²) in [6.07, 6.45) is -0.777. The van der Waals surface area contributed by atoms with Crippen molar-refractivity contribution in [3.8, 4) is 11.4 Å². The largest absolute Gasteiger partial charge is 0.487 e. The van der Waals surface area contributed by atoms with E-state index in [0.717, 1.165) is 42.7 Å². The first-order chi connectivity index (χ1) is 30.2. The average Bonchev–Trinajstić information content (AvgIpc) is 3.99. The van der Waals surface area contributed by atoms with Gasteiger partial charge in [-0.25, -0.2) is 37.6 Å². The van der Waals surface area contributed by atoms with E-state index in [-0.39, 0.29) is 34.0 Å². The number of carbonyl (C=O) groups is 5. The number of para-hydroxylation sites is 1. The van der Waals surface area contributed by atoms with Crippen LogP contribution in [0.5, 0.6) is 5.75 Å². The van der Waals surface area contributed by atoms with Crippen LogP contribution >= 0.6 is 23.2 Å². The van der Waals surface area contributed by atoms with Gasteiger partial charge >= 0.3 is 23.9 Å². The van der Waals surface area contributed by atoms with Gasteiger partial charge < -0.3 is 60.8 Å². The number of hydrogen-bond acceptors (Lipinski definition) is 15. The fourth-order valence-electron chi connectivity index (χ4n) is 6.52. The molecule has 25 heteroatoms. The number of amides is 1. The molecule has 2 aliphatic rings. The fraction of sp³-hybridized carbons (Fsp3) is 0.410. The van der Waals surface area contributed by atoms with Crippen LogP contribution in [0.2, 0.25) is 10.0 Å². The van der Waals surface area contributed by atoms with Crippen LogP contribution in [0.1, 0.15) is 36.9 Å². The van der Waals surface area contributed by atoms with Crippen LogP contribution in [0.15, 0.2) is 60.0 Å². The maximum absolute atomic E-state index is 13.9. The molecule has 4 heterocycles. The number of carboxylic acids is 4. The zero-order chi connectivity index (χ0) is 47.5.